The molecular formula is C14H19NO7. The van der Waals surface area contributed by atoms with Crippen molar-refractivity contribution in [2.45, 2.75) is 13.5 Å². The molecule has 122 valence electrons. The third kappa shape index (κ3) is 7.25. The average molecular weight is 313 g/mol. The van der Waals surface area contributed by atoms with Gasteiger partial charge in [0.25, 0.3) is 5.97 Å². The lowest BCUT2D eigenvalue weighted by atomic mass is 10.1. The highest BCUT2D eigenvalue weighted by molar-refractivity contribution is 5.92. The first-order valence-corrected chi connectivity index (χ1v) is 6.16. The molecule has 0 aromatic heterocycles. The molecule has 0 aliphatic carbocycles. The van der Waals surface area contributed by atoms with Crippen LogP contribution in [-0.2, 0) is 25.6 Å². The molecule has 0 spiro atoms. The summed E-state index contributed by atoms with van der Waals surface area (Å²) in [7, 11) is 2.52. The van der Waals surface area contributed by atoms with Gasteiger partial charge in [0.15, 0.2) is 6.61 Å². The Morgan fingerprint density at radius 2 is 1.77 bits per heavy atom. The SMILES string of the molecule is CC(=O)O.COC(=O)COc1ccc(CN)cc1C(=O)OC. The van der Waals surface area contributed by atoms with Crippen molar-refractivity contribution in [3.63, 3.8) is 0 Å². The van der Waals surface area contributed by atoms with Gasteiger partial charge in [-0.3, -0.25) is 4.79 Å². The first kappa shape index (κ1) is 19.4. The molecule has 0 aliphatic heterocycles. The van der Waals surface area contributed by atoms with E-state index in [1.165, 1.54) is 14.2 Å². The predicted octanol–water partition coefficient (Wildman–Crippen LogP) is 0.575. The molecule has 22 heavy (non-hydrogen) atoms. The zero-order chi connectivity index (χ0) is 17.1. The Hall–Kier alpha value is -2.61. The minimum absolute atomic E-state index is 0.226. The number of ether oxygens (including phenoxy) is 3. The lowest BCUT2D eigenvalue weighted by molar-refractivity contribution is -0.143. The monoisotopic (exact) mass is 313 g/mol. The number of carbonyl (C=O) groups is 3. The Bertz CT molecular complexity index is 524. The molecule has 8 heteroatoms. The number of aliphatic carboxylic acids is 1. The number of nitrogens with two attached hydrogens (primary N) is 1. The van der Waals surface area contributed by atoms with E-state index >= 15 is 0 Å². The summed E-state index contributed by atoms with van der Waals surface area (Å²) in [6, 6.07) is 4.84. The molecule has 1 aromatic rings. The summed E-state index contributed by atoms with van der Waals surface area (Å²) >= 11 is 0. The normalized spacial score (nSPS) is 9.09. The van der Waals surface area contributed by atoms with Crippen LogP contribution in [0.15, 0.2) is 18.2 Å². The summed E-state index contributed by atoms with van der Waals surface area (Å²) in [5.74, 6) is -1.66. The van der Waals surface area contributed by atoms with E-state index in [1.807, 2.05) is 0 Å². The van der Waals surface area contributed by atoms with E-state index < -0.39 is 17.9 Å². The highest BCUT2D eigenvalue weighted by Crippen LogP contribution is 2.21. The van der Waals surface area contributed by atoms with Crippen LogP contribution in [0.4, 0.5) is 0 Å². The molecule has 0 saturated carbocycles. The number of esters is 2. The molecule has 8 nitrogen and oxygen atoms in total. The fourth-order valence-corrected chi connectivity index (χ4v) is 1.30. The van der Waals surface area contributed by atoms with Gasteiger partial charge < -0.3 is 25.1 Å². The summed E-state index contributed by atoms with van der Waals surface area (Å²) in [6.07, 6.45) is 0. The van der Waals surface area contributed by atoms with Crippen LogP contribution in [0.3, 0.4) is 0 Å². The maximum atomic E-state index is 11.6. The zero-order valence-electron chi connectivity index (χ0n) is 12.6. The highest BCUT2D eigenvalue weighted by Gasteiger charge is 2.15. The van der Waals surface area contributed by atoms with E-state index in [4.69, 9.17) is 20.4 Å². The van der Waals surface area contributed by atoms with Crippen molar-refractivity contribution in [3.05, 3.63) is 29.3 Å². The van der Waals surface area contributed by atoms with Gasteiger partial charge in [-0.05, 0) is 17.7 Å². The van der Waals surface area contributed by atoms with Crippen molar-refractivity contribution in [2.24, 2.45) is 5.73 Å². The van der Waals surface area contributed by atoms with Gasteiger partial charge in [0.05, 0.1) is 14.2 Å². The molecule has 0 radical (unpaired) electrons. The Kier molecular flexibility index (Phi) is 8.96. The van der Waals surface area contributed by atoms with E-state index in [2.05, 4.69) is 9.47 Å². The first-order valence-electron chi connectivity index (χ1n) is 6.16. The minimum atomic E-state index is -0.833. The van der Waals surface area contributed by atoms with Crippen molar-refractivity contribution in [1.29, 1.82) is 0 Å². The van der Waals surface area contributed by atoms with E-state index in [-0.39, 0.29) is 17.9 Å². The number of carboxylic acid groups (broad SMARTS) is 1. The highest BCUT2D eigenvalue weighted by atomic mass is 16.6. The Balaban J connectivity index is 0.000000980. The predicted molar refractivity (Wildman–Crippen MR) is 76.5 cm³/mol. The molecule has 0 amide bonds. The van der Waals surface area contributed by atoms with Crippen LogP contribution in [0.2, 0.25) is 0 Å². The van der Waals surface area contributed by atoms with Gasteiger partial charge in [-0.2, -0.15) is 0 Å². The van der Waals surface area contributed by atoms with Gasteiger partial charge in [-0.25, -0.2) is 9.59 Å². The van der Waals surface area contributed by atoms with Gasteiger partial charge in [0, 0.05) is 13.5 Å². The minimum Gasteiger partial charge on any atom is -0.481 e. The van der Waals surface area contributed by atoms with Crippen LogP contribution in [0.1, 0.15) is 22.8 Å². The van der Waals surface area contributed by atoms with E-state index in [9.17, 15) is 9.59 Å². The lowest BCUT2D eigenvalue weighted by Gasteiger charge is -2.10. The summed E-state index contributed by atoms with van der Waals surface area (Å²) in [5, 5.41) is 7.42. The molecular weight excluding hydrogens is 294 g/mol. The molecule has 0 atom stereocenters. The van der Waals surface area contributed by atoms with Gasteiger partial charge in [0.2, 0.25) is 0 Å². The van der Waals surface area contributed by atoms with Crippen molar-refractivity contribution in [2.75, 3.05) is 20.8 Å². The Morgan fingerprint density at radius 3 is 2.23 bits per heavy atom. The van der Waals surface area contributed by atoms with Gasteiger partial charge >= 0.3 is 11.9 Å². The smallest absolute Gasteiger partial charge is 0.343 e. The van der Waals surface area contributed by atoms with E-state index in [1.54, 1.807) is 18.2 Å². The first-order chi connectivity index (χ1) is 10.3. The second kappa shape index (κ2) is 10.2. The maximum absolute atomic E-state index is 11.6. The Morgan fingerprint density at radius 1 is 1.18 bits per heavy atom. The third-order valence-corrected chi connectivity index (χ3v) is 2.26. The third-order valence-electron chi connectivity index (χ3n) is 2.26. The molecule has 0 bridgehead atoms. The summed E-state index contributed by atoms with van der Waals surface area (Å²) in [6.45, 7) is 1.10. The van der Waals surface area contributed by atoms with Crippen LogP contribution in [-0.4, -0.2) is 43.8 Å². The van der Waals surface area contributed by atoms with Gasteiger partial charge in [0.1, 0.15) is 11.3 Å². The van der Waals surface area contributed by atoms with Gasteiger partial charge in [-0.1, -0.05) is 6.07 Å². The molecule has 0 fully saturated rings. The molecule has 1 aromatic carbocycles. The van der Waals surface area contributed by atoms with Crippen LogP contribution in [0.25, 0.3) is 0 Å². The number of rotatable bonds is 5. The van der Waals surface area contributed by atoms with Crippen molar-refractivity contribution in [3.8, 4) is 5.75 Å². The van der Waals surface area contributed by atoms with E-state index in [0.29, 0.717) is 6.54 Å². The summed E-state index contributed by atoms with van der Waals surface area (Å²) in [4.78, 5) is 31.5. The average Bonchev–Trinajstić information content (AvgIpc) is 2.50. The van der Waals surface area contributed by atoms with E-state index in [0.717, 1.165) is 12.5 Å². The number of hydrogen-bond acceptors (Lipinski definition) is 7. The van der Waals surface area contributed by atoms with Crippen LogP contribution >= 0.6 is 0 Å². The number of hydrogen-bond donors (Lipinski definition) is 2. The second-order valence-electron chi connectivity index (χ2n) is 3.91. The topological polar surface area (TPSA) is 125 Å². The van der Waals surface area contributed by atoms with Gasteiger partial charge in [-0.15, -0.1) is 0 Å². The number of carbonyl (C=O) groups excluding carboxylic acids is 2. The van der Waals surface area contributed by atoms with Crippen LogP contribution in [0, 0.1) is 0 Å². The Labute approximate surface area is 127 Å². The van der Waals surface area contributed by atoms with Crippen molar-refractivity contribution < 1.29 is 33.7 Å². The summed E-state index contributed by atoms with van der Waals surface area (Å²) < 4.78 is 14.3. The molecule has 0 aliphatic rings. The molecule has 0 heterocycles. The largest absolute Gasteiger partial charge is 0.481 e. The molecule has 0 unspecified atom stereocenters. The van der Waals surface area contributed by atoms with Crippen molar-refractivity contribution in [1.82, 2.24) is 0 Å². The standard InChI is InChI=1S/C12H15NO5.C2H4O2/c1-16-11(14)7-18-10-4-3-8(6-13)5-9(10)12(15)17-2;1-2(3)4/h3-5H,6-7,13H2,1-2H3;1H3,(H,3,4). The zero-order valence-corrected chi connectivity index (χ0v) is 12.6. The quantitative estimate of drug-likeness (QED) is 0.756. The lowest BCUT2D eigenvalue weighted by Crippen LogP contribution is -2.15. The number of benzene rings is 1. The molecule has 0 saturated heterocycles. The maximum Gasteiger partial charge on any atom is 0.343 e. The second-order valence-corrected chi connectivity index (χ2v) is 3.91. The number of carboxylic acids is 1. The van der Waals surface area contributed by atoms with Crippen LogP contribution in [0.5, 0.6) is 5.75 Å². The molecule has 3 N–H and O–H groups in total. The number of methoxy groups -OCH3 is 2. The van der Waals surface area contributed by atoms with Crippen LogP contribution < -0.4 is 10.5 Å². The fourth-order valence-electron chi connectivity index (χ4n) is 1.30. The fraction of sp³-hybridized carbons (Fsp3) is 0.357. The molecule has 1 rings (SSSR count). The van der Waals surface area contributed by atoms with Crippen molar-refractivity contribution >= 4 is 17.9 Å². The summed E-state index contributed by atoms with van der Waals surface area (Å²) in [5.41, 5.74) is 6.48.